The van der Waals surface area contributed by atoms with Crippen molar-refractivity contribution in [2.45, 2.75) is 27.3 Å². The average molecular weight is 193 g/mol. The fraction of sp³-hybridized carbons (Fsp3) is 0.545. The minimum absolute atomic E-state index is 0.892. The molecule has 1 aromatic rings. The molecule has 0 aliphatic rings. The van der Waals surface area contributed by atoms with Gasteiger partial charge in [0, 0.05) is 31.4 Å². The Hall–Kier alpha value is -1.09. The van der Waals surface area contributed by atoms with Crippen LogP contribution in [-0.4, -0.2) is 16.3 Å². The number of aromatic nitrogens is 2. The third-order valence-electron chi connectivity index (χ3n) is 2.31. The molecule has 0 spiro atoms. The molecule has 1 N–H and O–H groups in total. The molecule has 0 fully saturated rings. The van der Waals surface area contributed by atoms with Crippen LogP contribution in [0.3, 0.4) is 0 Å². The van der Waals surface area contributed by atoms with Gasteiger partial charge in [0.25, 0.3) is 0 Å². The number of aryl methyl sites for hydroxylation is 1. The molecular formula is C11H19N3. The van der Waals surface area contributed by atoms with Crippen LogP contribution < -0.4 is 5.32 Å². The molecule has 0 amide bonds. The predicted octanol–water partition coefficient (Wildman–Crippen LogP) is 1.78. The summed E-state index contributed by atoms with van der Waals surface area (Å²) in [6, 6.07) is 0. The molecule has 1 heterocycles. The normalized spacial score (nSPS) is 10.3. The van der Waals surface area contributed by atoms with E-state index in [0.717, 1.165) is 13.1 Å². The van der Waals surface area contributed by atoms with Crippen molar-refractivity contribution in [3.8, 4) is 0 Å². The van der Waals surface area contributed by atoms with Gasteiger partial charge in [-0.2, -0.15) is 5.10 Å². The molecule has 1 rings (SSSR count). The zero-order valence-electron chi connectivity index (χ0n) is 9.46. The molecule has 0 atom stereocenters. The minimum atomic E-state index is 0.892. The van der Waals surface area contributed by atoms with Crippen molar-refractivity contribution in [3.63, 3.8) is 0 Å². The molecular weight excluding hydrogens is 174 g/mol. The van der Waals surface area contributed by atoms with Crippen molar-refractivity contribution < 1.29 is 0 Å². The van der Waals surface area contributed by atoms with E-state index in [0.29, 0.717) is 0 Å². The van der Waals surface area contributed by atoms with E-state index < -0.39 is 0 Å². The Labute approximate surface area is 85.8 Å². The molecule has 14 heavy (non-hydrogen) atoms. The molecule has 0 saturated carbocycles. The fourth-order valence-electron chi connectivity index (χ4n) is 1.20. The summed E-state index contributed by atoms with van der Waals surface area (Å²) < 4.78 is 1.90. The lowest BCUT2D eigenvalue weighted by Crippen LogP contribution is -2.13. The maximum Gasteiger partial charge on any atom is 0.0537 e. The van der Waals surface area contributed by atoms with E-state index >= 15 is 0 Å². The van der Waals surface area contributed by atoms with E-state index in [9.17, 15) is 0 Å². The summed E-state index contributed by atoms with van der Waals surface area (Å²) in [5.41, 5.74) is 3.85. The van der Waals surface area contributed by atoms with Crippen molar-refractivity contribution in [3.05, 3.63) is 29.1 Å². The highest BCUT2D eigenvalue weighted by Crippen LogP contribution is 2.04. The highest BCUT2D eigenvalue weighted by Gasteiger charge is 2.01. The first kappa shape index (κ1) is 11.0. The molecule has 1 aromatic heterocycles. The van der Waals surface area contributed by atoms with Crippen LogP contribution in [0, 0.1) is 6.92 Å². The van der Waals surface area contributed by atoms with Crippen LogP contribution in [0.5, 0.6) is 0 Å². The lowest BCUT2D eigenvalue weighted by Gasteiger charge is -2.01. The van der Waals surface area contributed by atoms with Crippen molar-refractivity contribution >= 4 is 0 Å². The van der Waals surface area contributed by atoms with E-state index in [2.05, 4.69) is 37.3 Å². The predicted molar refractivity (Wildman–Crippen MR) is 59.1 cm³/mol. The van der Waals surface area contributed by atoms with Gasteiger partial charge in [0.1, 0.15) is 0 Å². The summed E-state index contributed by atoms with van der Waals surface area (Å²) in [4.78, 5) is 0. The molecule has 0 unspecified atom stereocenters. The summed E-state index contributed by atoms with van der Waals surface area (Å²) in [7, 11) is 1.97. The van der Waals surface area contributed by atoms with Gasteiger partial charge in [-0.1, -0.05) is 11.6 Å². The summed E-state index contributed by atoms with van der Waals surface area (Å²) >= 11 is 0. The van der Waals surface area contributed by atoms with Crippen molar-refractivity contribution in [2.24, 2.45) is 7.05 Å². The van der Waals surface area contributed by atoms with Gasteiger partial charge in [-0.3, -0.25) is 4.68 Å². The Balaban J connectivity index is 2.39. The van der Waals surface area contributed by atoms with Crippen LogP contribution >= 0.6 is 0 Å². The highest BCUT2D eigenvalue weighted by molar-refractivity contribution is 5.15. The Kier molecular flexibility index (Phi) is 3.89. The third kappa shape index (κ3) is 3.00. The fourth-order valence-corrected chi connectivity index (χ4v) is 1.20. The van der Waals surface area contributed by atoms with Crippen LogP contribution in [-0.2, 0) is 13.6 Å². The average Bonchev–Trinajstić information content (AvgIpc) is 2.43. The number of rotatable bonds is 4. The molecule has 78 valence electrons. The quantitative estimate of drug-likeness (QED) is 0.583. The van der Waals surface area contributed by atoms with Gasteiger partial charge in [0.2, 0.25) is 0 Å². The molecule has 0 aliphatic carbocycles. The number of nitrogens with one attached hydrogen (secondary N) is 1. The van der Waals surface area contributed by atoms with E-state index in [-0.39, 0.29) is 0 Å². The molecule has 0 radical (unpaired) electrons. The maximum atomic E-state index is 4.19. The Morgan fingerprint density at radius 1 is 1.57 bits per heavy atom. The lowest BCUT2D eigenvalue weighted by atomic mass is 10.2. The molecule has 0 aromatic carbocycles. The van der Waals surface area contributed by atoms with E-state index in [1.54, 1.807) is 0 Å². The molecule has 3 heteroatoms. The maximum absolute atomic E-state index is 4.19. The zero-order chi connectivity index (χ0) is 10.6. The highest BCUT2D eigenvalue weighted by atomic mass is 15.3. The van der Waals surface area contributed by atoms with Crippen molar-refractivity contribution in [1.82, 2.24) is 15.1 Å². The largest absolute Gasteiger partial charge is 0.309 e. The molecule has 3 nitrogen and oxygen atoms in total. The zero-order valence-corrected chi connectivity index (χ0v) is 9.46. The van der Waals surface area contributed by atoms with E-state index in [4.69, 9.17) is 0 Å². The van der Waals surface area contributed by atoms with Gasteiger partial charge in [-0.05, 0) is 20.8 Å². The smallest absolute Gasteiger partial charge is 0.0537 e. The van der Waals surface area contributed by atoms with Crippen LogP contribution in [0.25, 0.3) is 0 Å². The van der Waals surface area contributed by atoms with Gasteiger partial charge in [-0.15, -0.1) is 0 Å². The second-order valence-corrected chi connectivity index (χ2v) is 3.79. The first-order valence-corrected chi connectivity index (χ1v) is 4.93. The topological polar surface area (TPSA) is 29.9 Å². The Morgan fingerprint density at radius 3 is 2.79 bits per heavy atom. The number of hydrogen-bond acceptors (Lipinski definition) is 2. The van der Waals surface area contributed by atoms with Gasteiger partial charge >= 0.3 is 0 Å². The van der Waals surface area contributed by atoms with Crippen LogP contribution in [0.2, 0.25) is 0 Å². The second kappa shape index (κ2) is 4.96. The van der Waals surface area contributed by atoms with Gasteiger partial charge in [-0.25, -0.2) is 0 Å². The molecule has 0 bridgehead atoms. The van der Waals surface area contributed by atoms with Crippen molar-refractivity contribution in [1.29, 1.82) is 0 Å². The standard InChI is InChI=1S/C11H19N3/c1-9(2)5-6-12-7-11-8-13-14(4)10(11)3/h5,8,12H,6-7H2,1-4H3. The van der Waals surface area contributed by atoms with E-state index in [1.165, 1.54) is 16.8 Å². The first-order chi connectivity index (χ1) is 6.61. The number of hydrogen-bond donors (Lipinski definition) is 1. The van der Waals surface area contributed by atoms with Crippen molar-refractivity contribution in [2.75, 3.05) is 6.54 Å². The Morgan fingerprint density at radius 2 is 2.29 bits per heavy atom. The third-order valence-corrected chi connectivity index (χ3v) is 2.31. The molecule has 0 saturated heterocycles. The summed E-state index contributed by atoms with van der Waals surface area (Å²) in [6.07, 6.45) is 4.11. The molecule has 0 aliphatic heterocycles. The SMILES string of the molecule is CC(C)=CCNCc1cnn(C)c1C. The minimum Gasteiger partial charge on any atom is -0.309 e. The van der Waals surface area contributed by atoms with Gasteiger partial charge in [0.15, 0.2) is 0 Å². The van der Waals surface area contributed by atoms with E-state index in [1.807, 2.05) is 17.9 Å². The monoisotopic (exact) mass is 193 g/mol. The van der Waals surface area contributed by atoms with Gasteiger partial charge in [0.05, 0.1) is 6.20 Å². The van der Waals surface area contributed by atoms with Crippen LogP contribution in [0.15, 0.2) is 17.8 Å². The Bertz CT molecular complexity index is 319. The summed E-state index contributed by atoms with van der Waals surface area (Å²) in [5, 5.41) is 7.55. The van der Waals surface area contributed by atoms with Crippen LogP contribution in [0.4, 0.5) is 0 Å². The lowest BCUT2D eigenvalue weighted by molar-refractivity contribution is 0.724. The van der Waals surface area contributed by atoms with Crippen LogP contribution in [0.1, 0.15) is 25.1 Å². The summed E-state index contributed by atoms with van der Waals surface area (Å²) in [5.74, 6) is 0. The first-order valence-electron chi connectivity index (χ1n) is 4.93. The van der Waals surface area contributed by atoms with Gasteiger partial charge < -0.3 is 5.32 Å². The number of nitrogens with zero attached hydrogens (tertiary/aromatic N) is 2. The number of allylic oxidation sites excluding steroid dienone is 1. The summed E-state index contributed by atoms with van der Waals surface area (Å²) in [6.45, 7) is 8.12. The second-order valence-electron chi connectivity index (χ2n) is 3.79.